The van der Waals surface area contributed by atoms with Crippen LogP contribution in [0.5, 0.6) is 0 Å². The lowest BCUT2D eigenvalue weighted by molar-refractivity contribution is -0.126. The van der Waals surface area contributed by atoms with Crippen molar-refractivity contribution in [3.05, 3.63) is 77.4 Å². The maximum atomic E-state index is 13.6. The maximum absolute atomic E-state index is 13.6. The van der Waals surface area contributed by atoms with Gasteiger partial charge in [-0.25, -0.2) is 0 Å². The Morgan fingerprint density at radius 1 is 1.15 bits per heavy atom. The second-order valence-electron chi connectivity index (χ2n) is 8.56. The van der Waals surface area contributed by atoms with Crippen molar-refractivity contribution >= 4 is 23.5 Å². The van der Waals surface area contributed by atoms with E-state index in [4.69, 9.17) is 0 Å². The number of rotatable bonds is 8. The summed E-state index contributed by atoms with van der Waals surface area (Å²) in [5.41, 5.74) is 3.27. The average molecular weight is 464 g/mol. The molecule has 0 bridgehead atoms. The van der Waals surface area contributed by atoms with Crippen LogP contribution in [-0.4, -0.2) is 43.0 Å². The fourth-order valence-electron chi connectivity index (χ4n) is 4.42. The number of aromatic nitrogens is 3. The molecule has 1 aliphatic rings. The molecule has 1 aliphatic carbocycles. The molecule has 0 spiro atoms. The fourth-order valence-corrected chi connectivity index (χ4v) is 4.82. The molecular formula is C25H29N5O2S. The second kappa shape index (κ2) is 11.1. The van der Waals surface area contributed by atoms with Crippen molar-refractivity contribution < 1.29 is 9.59 Å². The lowest BCUT2D eigenvalue weighted by Crippen LogP contribution is -2.47. The van der Waals surface area contributed by atoms with E-state index in [0.717, 1.165) is 54.1 Å². The summed E-state index contributed by atoms with van der Waals surface area (Å²) < 4.78 is 8.15. The van der Waals surface area contributed by atoms with E-state index in [1.165, 1.54) is 12.6 Å². The number of pyridine rings is 1. The first-order chi connectivity index (χ1) is 16.1. The predicted octanol–water partition coefficient (Wildman–Crippen LogP) is 4.12. The number of hydrogen-bond acceptors (Lipinski definition) is 6. The van der Waals surface area contributed by atoms with Gasteiger partial charge < -0.3 is 10.2 Å². The number of hydrogen-bond donors (Lipinski definition) is 1. The Balaban J connectivity index is 1.65. The molecule has 2 amide bonds. The van der Waals surface area contributed by atoms with Crippen LogP contribution in [0.2, 0.25) is 0 Å². The topological polar surface area (TPSA) is 88.1 Å². The first kappa shape index (κ1) is 23.0. The molecular weight excluding hydrogens is 434 g/mol. The number of carbonyl (C=O) groups is 2. The first-order valence-corrected chi connectivity index (χ1v) is 12.2. The normalized spacial score (nSPS) is 15.1. The summed E-state index contributed by atoms with van der Waals surface area (Å²) in [6.45, 7) is 2.43. The third-order valence-electron chi connectivity index (χ3n) is 6.10. The van der Waals surface area contributed by atoms with E-state index in [1.54, 1.807) is 29.4 Å². The van der Waals surface area contributed by atoms with Crippen molar-refractivity contribution in [2.45, 2.75) is 57.5 Å². The molecule has 3 aromatic rings. The summed E-state index contributed by atoms with van der Waals surface area (Å²) in [6, 6.07) is 11.2. The van der Waals surface area contributed by atoms with Gasteiger partial charge in [0, 0.05) is 25.0 Å². The monoisotopic (exact) mass is 463 g/mol. The highest BCUT2D eigenvalue weighted by Gasteiger charge is 2.34. The predicted molar refractivity (Wildman–Crippen MR) is 128 cm³/mol. The van der Waals surface area contributed by atoms with Gasteiger partial charge in [-0.2, -0.15) is 8.75 Å². The molecule has 33 heavy (non-hydrogen) atoms. The number of nitrogens with zero attached hydrogens (tertiary/aromatic N) is 4. The molecule has 172 valence electrons. The molecule has 0 aliphatic heterocycles. The zero-order valence-corrected chi connectivity index (χ0v) is 19.6. The van der Waals surface area contributed by atoms with E-state index >= 15 is 0 Å². The highest BCUT2D eigenvalue weighted by molar-refractivity contribution is 6.99. The molecule has 2 heterocycles. The minimum absolute atomic E-state index is 0.144. The number of amides is 2. The van der Waals surface area contributed by atoms with Crippen LogP contribution < -0.4 is 5.32 Å². The van der Waals surface area contributed by atoms with Gasteiger partial charge in [0.1, 0.15) is 6.04 Å². The molecule has 2 aromatic heterocycles. The van der Waals surface area contributed by atoms with Gasteiger partial charge in [0.15, 0.2) is 5.69 Å². The van der Waals surface area contributed by atoms with Crippen LogP contribution in [0.15, 0.2) is 55.0 Å². The summed E-state index contributed by atoms with van der Waals surface area (Å²) in [4.78, 5) is 32.9. The van der Waals surface area contributed by atoms with Crippen molar-refractivity contribution in [1.82, 2.24) is 23.9 Å². The smallest absolute Gasteiger partial charge is 0.276 e. The number of aryl methyl sites for hydroxylation is 1. The minimum Gasteiger partial charge on any atom is -0.351 e. The zero-order chi connectivity index (χ0) is 23.0. The molecule has 0 radical (unpaired) electrons. The molecule has 1 saturated carbocycles. The van der Waals surface area contributed by atoms with E-state index in [0.29, 0.717) is 13.0 Å². The quantitative estimate of drug-likeness (QED) is 0.543. The van der Waals surface area contributed by atoms with Crippen molar-refractivity contribution in [3.8, 4) is 0 Å². The Kier molecular flexibility index (Phi) is 7.78. The number of benzene rings is 1. The summed E-state index contributed by atoms with van der Waals surface area (Å²) in [5.74, 6) is -0.453. The third kappa shape index (κ3) is 6.01. The molecule has 1 fully saturated rings. The minimum atomic E-state index is -0.770. The van der Waals surface area contributed by atoms with Gasteiger partial charge in [-0.3, -0.25) is 14.6 Å². The molecule has 4 rings (SSSR count). The SMILES string of the molecule is Cc1cccc(CCN(C(=O)c2cnsn2)C(C(=O)NC2CCCCC2)c2ccncc2)c1. The Morgan fingerprint density at radius 3 is 2.64 bits per heavy atom. The molecule has 1 aromatic carbocycles. The fraction of sp³-hybridized carbons (Fsp3) is 0.400. The molecule has 1 N–H and O–H groups in total. The zero-order valence-electron chi connectivity index (χ0n) is 18.8. The molecule has 7 nitrogen and oxygen atoms in total. The van der Waals surface area contributed by atoms with Crippen LogP contribution in [0.25, 0.3) is 0 Å². The van der Waals surface area contributed by atoms with Crippen molar-refractivity contribution in [2.24, 2.45) is 0 Å². The van der Waals surface area contributed by atoms with Crippen LogP contribution in [0, 0.1) is 6.92 Å². The standard InChI is InChI=1S/C25H29N5O2S/c1-18-6-5-7-19(16-18)12-15-30(25(32)22-17-27-33-29-22)23(20-10-13-26-14-11-20)24(31)28-21-8-3-2-4-9-21/h5-7,10-11,13-14,16-17,21,23H,2-4,8-9,12,15H2,1H3,(H,28,31). The van der Waals surface area contributed by atoms with Gasteiger partial charge >= 0.3 is 0 Å². The Bertz CT molecular complexity index is 1050. The average Bonchev–Trinajstić information content (AvgIpc) is 3.37. The number of nitrogens with one attached hydrogen (secondary N) is 1. The summed E-state index contributed by atoms with van der Waals surface area (Å²) in [5, 5.41) is 3.22. The van der Waals surface area contributed by atoms with Crippen molar-refractivity contribution in [1.29, 1.82) is 0 Å². The van der Waals surface area contributed by atoms with Gasteiger partial charge in [0.2, 0.25) is 5.91 Å². The van der Waals surface area contributed by atoms with E-state index in [9.17, 15) is 9.59 Å². The van der Waals surface area contributed by atoms with E-state index in [1.807, 2.05) is 25.1 Å². The van der Waals surface area contributed by atoms with Crippen molar-refractivity contribution in [2.75, 3.05) is 6.54 Å². The van der Waals surface area contributed by atoms with Gasteiger partial charge in [0.05, 0.1) is 17.9 Å². The van der Waals surface area contributed by atoms with Gasteiger partial charge in [-0.05, 0) is 49.4 Å². The van der Waals surface area contributed by atoms with E-state index in [2.05, 4.69) is 25.1 Å². The van der Waals surface area contributed by atoms with Crippen LogP contribution in [-0.2, 0) is 11.2 Å². The van der Waals surface area contributed by atoms with Gasteiger partial charge in [0.25, 0.3) is 5.91 Å². The maximum Gasteiger partial charge on any atom is 0.276 e. The number of carbonyl (C=O) groups excluding carboxylic acids is 2. The Labute approximate surface area is 198 Å². The van der Waals surface area contributed by atoms with Crippen molar-refractivity contribution in [3.63, 3.8) is 0 Å². The second-order valence-corrected chi connectivity index (χ2v) is 9.11. The lowest BCUT2D eigenvalue weighted by Gasteiger charge is -2.33. The highest BCUT2D eigenvalue weighted by Crippen LogP contribution is 2.25. The molecule has 8 heteroatoms. The van der Waals surface area contributed by atoms with Gasteiger partial charge in [-0.1, -0.05) is 49.1 Å². The largest absolute Gasteiger partial charge is 0.351 e. The van der Waals surface area contributed by atoms with Crippen LogP contribution in [0.1, 0.15) is 65.3 Å². The summed E-state index contributed by atoms with van der Waals surface area (Å²) >= 11 is 0.988. The van der Waals surface area contributed by atoms with E-state index < -0.39 is 6.04 Å². The van der Waals surface area contributed by atoms with Crippen LogP contribution in [0.3, 0.4) is 0 Å². The Morgan fingerprint density at radius 2 is 1.94 bits per heavy atom. The van der Waals surface area contributed by atoms with Crippen LogP contribution >= 0.6 is 11.7 Å². The first-order valence-electron chi connectivity index (χ1n) is 11.5. The Hall–Kier alpha value is -3.13. The van der Waals surface area contributed by atoms with E-state index in [-0.39, 0.29) is 23.6 Å². The van der Waals surface area contributed by atoms with Crippen LogP contribution in [0.4, 0.5) is 0 Å². The summed E-state index contributed by atoms with van der Waals surface area (Å²) in [7, 11) is 0. The molecule has 0 saturated heterocycles. The molecule has 1 unspecified atom stereocenters. The highest BCUT2D eigenvalue weighted by atomic mass is 32.1. The summed E-state index contributed by atoms with van der Waals surface area (Å²) in [6.07, 6.45) is 10.8. The van der Waals surface area contributed by atoms with Gasteiger partial charge in [-0.15, -0.1) is 0 Å². The molecule has 1 atom stereocenters. The third-order valence-corrected chi connectivity index (χ3v) is 6.58. The lowest BCUT2D eigenvalue weighted by atomic mass is 9.94.